The fourth-order valence-corrected chi connectivity index (χ4v) is 3.73. The number of pyridine rings is 1. The molecule has 3 rings (SSSR count). The third kappa shape index (κ3) is 3.92. The van der Waals surface area contributed by atoms with Crippen LogP contribution in [-0.2, 0) is 4.79 Å². The van der Waals surface area contributed by atoms with Gasteiger partial charge in [-0.3, -0.25) is 9.78 Å². The molecule has 1 aromatic heterocycles. The van der Waals surface area contributed by atoms with E-state index < -0.39 is 0 Å². The van der Waals surface area contributed by atoms with E-state index in [9.17, 15) is 4.79 Å². The summed E-state index contributed by atoms with van der Waals surface area (Å²) in [5.74, 6) is 0.662. The van der Waals surface area contributed by atoms with Crippen LogP contribution in [0.5, 0.6) is 0 Å². The van der Waals surface area contributed by atoms with Crippen LogP contribution in [0.3, 0.4) is 0 Å². The third-order valence-corrected chi connectivity index (χ3v) is 5.24. The average molecular weight is 327 g/mol. The lowest BCUT2D eigenvalue weighted by atomic mass is 10.1. The average Bonchev–Trinajstić information content (AvgIpc) is 2.61. The molecular formula is C18H21N3OS. The van der Waals surface area contributed by atoms with Crippen LogP contribution in [0.4, 0.5) is 0 Å². The molecule has 1 unspecified atom stereocenters. The zero-order valence-corrected chi connectivity index (χ0v) is 14.1. The van der Waals surface area contributed by atoms with Crippen molar-refractivity contribution in [3.8, 4) is 0 Å². The molecule has 1 atom stereocenters. The lowest BCUT2D eigenvalue weighted by Gasteiger charge is -2.36. The number of nitrogens with one attached hydrogen (secondary N) is 1. The van der Waals surface area contributed by atoms with E-state index in [0.29, 0.717) is 5.75 Å². The molecule has 0 radical (unpaired) electrons. The number of hydrogen-bond acceptors (Lipinski definition) is 4. The van der Waals surface area contributed by atoms with E-state index in [0.717, 1.165) is 25.2 Å². The number of amides is 1. The van der Waals surface area contributed by atoms with Crippen molar-refractivity contribution in [2.45, 2.75) is 17.9 Å². The summed E-state index contributed by atoms with van der Waals surface area (Å²) in [6.45, 7) is 4.45. The number of benzene rings is 1. The van der Waals surface area contributed by atoms with Gasteiger partial charge in [0.15, 0.2) is 0 Å². The van der Waals surface area contributed by atoms with Crippen molar-refractivity contribution in [3.05, 3.63) is 59.9 Å². The Balaban J connectivity index is 1.68. The highest BCUT2D eigenvalue weighted by atomic mass is 32.2. The number of thioether (sulfide) groups is 1. The Labute approximate surface area is 141 Å². The molecule has 2 heterocycles. The molecule has 1 aliphatic rings. The van der Waals surface area contributed by atoms with Gasteiger partial charge in [0, 0.05) is 36.9 Å². The molecule has 4 nitrogen and oxygen atoms in total. The van der Waals surface area contributed by atoms with Crippen molar-refractivity contribution in [2.24, 2.45) is 0 Å². The summed E-state index contributed by atoms with van der Waals surface area (Å²) in [5, 5.41) is 3.37. The number of aromatic nitrogens is 1. The minimum Gasteiger partial charge on any atom is -0.332 e. The van der Waals surface area contributed by atoms with Crippen LogP contribution in [0.1, 0.15) is 17.2 Å². The highest BCUT2D eigenvalue weighted by molar-refractivity contribution is 8.00. The van der Waals surface area contributed by atoms with Gasteiger partial charge in [0.05, 0.1) is 11.8 Å². The van der Waals surface area contributed by atoms with Gasteiger partial charge in [-0.25, -0.2) is 0 Å². The minimum atomic E-state index is 0.0717. The van der Waals surface area contributed by atoms with Crippen molar-refractivity contribution in [2.75, 3.05) is 25.4 Å². The molecule has 120 valence electrons. The Morgan fingerprint density at radius 3 is 3.00 bits per heavy atom. The topological polar surface area (TPSA) is 45.2 Å². The van der Waals surface area contributed by atoms with Crippen molar-refractivity contribution >= 4 is 17.7 Å². The van der Waals surface area contributed by atoms with Gasteiger partial charge < -0.3 is 10.2 Å². The van der Waals surface area contributed by atoms with E-state index >= 15 is 0 Å². The molecule has 1 saturated heterocycles. The Morgan fingerprint density at radius 2 is 2.22 bits per heavy atom. The second-order valence-electron chi connectivity index (χ2n) is 5.65. The van der Waals surface area contributed by atoms with Gasteiger partial charge in [0.1, 0.15) is 0 Å². The fraction of sp³-hybridized carbons (Fsp3) is 0.333. The van der Waals surface area contributed by atoms with Crippen LogP contribution in [0.2, 0.25) is 0 Å². The number of carbonyl (C=O) groups is 1. The quantitative estimate of drug-likeness (QED) is 0.877. The predicted octanol–water partition coefficient (Wildman–Crippen LogP) is 2.66. The van der Waals surface area contributed by atoms with E-state index in [-0.39, 0.29) is 11.9 Å². The van der Waals surface area contributed by atoms with Gasteiger partial charge in [-0.15, -0.1) is 11.8 Å². The first kappa shape index (κ1) is 16.0. The summed E-state index contributed by atoms with van der Waals surface area (Å²) >= 11 is 1.62. The summed E-state index contributed by atoms with van der Waals surface area (Å²) in [4.78, 5) is 20.1. The molecule has 1 N–H and O–H groups in total. The smallest absolute Gasteiger partial charge is 0.233 e. The van der Waals surface area contributed by atoms with Gasteiger partial charge >= 0.3 is 0 Å². The lowest BCUT2D eigenvalue weighted by molar-refractivity contribution is -0.131. The monoisotopic (exact) mass is 327 g/mol. The summed E-state index contributed by atoms with van der Waals surface area (Å²) in [5.41, 5.74) is 2.31. The maximum atomic E-state index is 12.7. The number of rotatable bonds is 4. The number of carbonyl (C=O) groups excluding carboxylic acids is 1. The van der Waals surface area contributed by atoms with Crippen LogP contribution in [-0.4, -0.2) is 41.2 Å². The Kier molecular flexibility index (Phi) is 5.31. The molecule has 0 saturated carbocycles. The molecule has 1 aromatic carbocycles. The number of nitrogens with zero attached hydrogens (tertiary/aromatic N) is 2. The second kappa shape index (κ2) is 7.62. The lowest BCUT2D eigenvalue weighted by Crippen LogP contribution is -2.49. The molecule has 0 spiro atoms. The molecule has 1 amide bonds. The van der Waals surface area contributed by atoms with E-state index in [1.54, 1.807) is 18.0 Å². The van der Waals surface area contributed by atoms with Crippen molar-refractivity contribution < 1.29 is 4.79 Å². The summed E-state index contributed by atoms with van der Waals surface area (Å²) in [6.07, 6.45) is 3.62. The predicted molar refractivity (Wildman–Crippen MR) is 93.5 cm³/mol. The largest absolute Gasteiger partial charge is 0.332 e. The zero-order valence-electron chi connectivity index (χ0n) is 13.2. The van der Waals surface area contributed by atoms with Crippen molar-refractivity contribution in [3.63, 3.8) is 0 Å². The molecule has 5 heteroatoms. The molecule has 0 bridgehead atoms. The highest BCUT2D eigenvalue weighted by Gasteiger charge is 2.27. The van der Waals surface area contributed by atoms with E-state index in [2.05, 4.69) is 29.4 Å². The first-order chi connectivity index (χ1) is 11.3. The second-order valence-corrected chi connectivity index (χ2v) is 6.66. The van der Waals surface area contributed by atoms with E-state index in [1.165, 1.54) is 10.5 Å². The van der Waals surface area contributed by atoms with Gasteiger partial charge in [0.25, 0.3) is 0 Å². The van der Waals surface area contributed by atoms with Gasteiger partial charge in [-0.05, 0) is 30.2 Å². The third-order valence-electron chi connectivity index (χ3n) is 4.08. The first-order valence-electron chi connectivity index (χ1n) is 7.84. The Hall–Kier alpha value is -1.85. The molecule has 0 aliphatic carbocycles. The molecular weight excluding hydrogens is 306 g/mol. The minimum absolute atomic E-state index is 0.0717. The molecule has 1 fully saturated rings. The summed E-state index contributed by atoms with van der Waals surface area (Å²) in [7, 11) is 0. The van der Waals surface area contributed by atoms with Crippen molar-refractivity contribution in [1.82, 2.24) is 15.2 Å². The first-order valence-corrected chi connectivity index (χ1v) is 8.83. The van der Waals surface area contributed by atoms with Gasteiger partial charge in [-0.2, -0.15) is 0 Å². The maximum absolute atomic E-state index is 12.7. The SMILES string of the molecule is Cc1ccccc1SCC(=O)N1CCNCC1c1cccnc1. The molecule has 2 aromatic rings. The Bertz CT molecular complexity index is 662. The zero-order chi connectivity index (χ0) is 16.1. The molecule has 1 aliphatic heterocycles. The maximum Gasteiger partial charge on any atom is 0.233 e. The van der Waals surface area contributed by atoms with Crippen LogP contribution in [0.25, 0.3) is 0 Å². The van der Waals surface area contributed by atoms with Crippen LogP contribution >= 0.6 is 11.8 Å². The van der Waals surface area contributed by atoms with Crippen molar-refractivity contribution in [1.29, 1.82) is 0 Å². The highest BCUT2D eigenvalue weighted by Crippen LogP contribution is 2.26. The Morgan fingerprint density at radius 1 is 1.35 bits per heavy atom. The number of hydrogen-bond donors (Lipinski definition) is 1. The van der Waals surface area contributed by atoms with E-state index in [4.69, 9.17) is 0 Å². The normalized spacial score (nSPS) is 18.0. The van der Waals surface area contributed by atoms with Crippen LogP contribution in [0.15, 0.2) is 53.7 Å². The van der Waals surface area contributed by atoms with Crippen LogP contribution in [0, 0.1) is 6.92 Å². The fourth-order valence-electron chi connectivity index (χ4n) is 2.81. The molecule has 23 heavy (non-hydrogen) atoms. The van der Waals surface area contributed by atoms with Gasteiger partial charge in [0.2, 0.25) is 5.91 Å². The number of aryl methyl sites for hydroxylation is 1. The number of piperazine rings is 1. The summed E-state index contributed by atoms with van der Waals surface area (Å²) in [6, 6.07) is 12.2. The summed E-state index contributed by atoms with van der Waals surface area (Å²) < 4.78 is 0. The van der Waals surface area contributed by atoms with Crippen LogP contribution < -0.4 is 5.32 Å². The standard InChI is InChI=1S/C18H21N3OS/c1-14-5-2-3-7-17(14)23-13-18(22)21-10-9-20-12-16(21)15-6-4-8-19-11-15/h2-8,11,16,20H,9-10,12-13H2,1H3. The van der Waals surface area contributed by atoms with Gasteiger partial charge in [-0.1, -0.05) is 24.3 Å². The van der Waals surface area contributed by atoms with E-state index in [1.807, 2.05) is 35.4 Å².